The summed E-state index contributed by atoms with van der Waals surface area (Å²) in [6.07, 6.45) is 2.09. The number of nitriles is 1. The van der Waals surface area contributed by atoms with Gasteiger partial charge in [0.2, 0.25) is 5.91 Å². The molecule has 1 aromatic carbocycles. The second-order valence-electron chi connectivity index (χ2n) is 4.02. The molecule has 0 aliphatic carbocycles. The molecule has 0 aliphatic rings. The highest BCUT2D eigenvalue weighted by atomic mass is 35.5. The van der Waals surface area contributed by atoms with Crippen LogP contribution in [0.3, 0.4) is 0 Å². The summed E-state index contributed by atoms with van der Waals surface area (Å²) in [6.45, 7) is 0.529. The molecule has 1 amide bonds. The predicted octanol–water partition coefficient (Wildman–Crippen LogP) is 2.98. The van der Waals surface area contributed by atoms with Crippen molar-refractivity contribution < 1.29 is 4.79 Å². The SMILES string of the molecule is N#CCCNC(=O)Cn1ccc2c(Cl)cc(Cl)cc21. The van der Waals surface area contributed by atoms with Crippen LogP contribution in [0.5, 0.6) is 0 Å². The molecule has 1 heterocycles. The topological polar surface area (TPSA) is 57.8 Å². The highest BCUT2D eigenvalue weighted by Gasteiger charge is 2.09. The van der Waals surface area contributed by atoms with Crippen LogP contribution in [0.1, 0.15) is 6.42 Å². The van der Waals surface area contributed by atoms with E-state index in [1.54, 1.807) is 22.9 Å². The molecule has 2 rings (SSSR count). The fraction of sp³-hybridized carbons (Fsp3) is 0.231. The normalized spacial score (nSPS) is 10.4. The van der Waals surface area contributed by atoms with E-state index in [0.29, 0.717) is 23.0 Å². The molecular formula is C13H11Cl2N3O. The van der Waals surface area contributed by atoms with E-state index < -0.39 is 0 Å². The maximum Gasteiger partial charge on any atom is 0.239 e. The molecule has 0 atom stereocenters. The first kappa shape index (κ1) is 13.7. The molecule has 19 heavy (non-hydrogen) atoms. The molecule has 0 bridgehead atoms. The maximum atomic E-state index is 11.7. The van der Waals surface area contributed by atoms with Crippen molar-refractivity contribution >= 4 is 40.0 Å². The summed E-state index contributed by atoms with van der Waals surface area (Å²) in [5.74, 6) is -0.149. The molecule has 1 aromatic heterocycles. The van der Waals surface area contributed by atoms with Gasteiger partial charge in [0.15, 0.2) is 0 Å². The summed E-state index contributed by atoms with van der Waals surface area (Å²) in [6, 6.07) is 7.25. The van der Waals surface area contributed by atoms with Crippen LogP contribution in [0.4, 0.5) is 0 Å². The van der Waals surface area contributed by atoms with Crippen molar-refractivity contribution in [2.75, 3.05) is 6.54 Å². The Labute approximate surface area is 120 Å². The summed E-state index contributed by atoms with van der Waals surface area (Å²) < 4.78 is 1.77. The average Bonchev–Trinajstić information content (AvgIpc) is 2.73. The zero-order valence-corrected chi connectivity index (χ0v) is 11.5. The molecule has 0 saturated carbocycles. The van der Waals surface area contributed by atoms with Gasteiger partial charge in [-0.15, -0.1) is 0 Å². The standard InChI is InChI=1S/C13H11Cl2N3O/c14-9-6-11(15)10-2-5-18(12(10)7-9)8-13(19)17-4-1-3-16/h2,5-7H,1,4,8H2,(H,17,19). The minimum atomic E-state index is -0.149. The third-order valence-electron chi connectivity index (χ3n) is 2.68. The fourth-order valence-electron chi connectivity index (χ4n) is 1.82. The number of nitrogens with one attached hydrogen (secondary N) is 1. The number of fused-ring (bicyclic) bond motifs is 1. The highest BCUT2D eigenvalue weighted by Crippen LogP contribution is 2.28. The third kappa shape index (κ3) is 3.19. The number of carbonyl (C=O) groups is 1. The second-order valence-corrected chi connectivity index (χ2v) is 4.87. The lowest BCUT2D eigenvalue weighted by atomic mass is 10.2. The summed E-state index contributed by atoms with van der Waals surface area (Å²) in [7, 11) is 0. The number of carbonyl (C=O) groups excluding carboxylic acids is 1. The van der Waals surface area contributed by atoms with Crippen molar-refractivity contribution in [2.45, 2.75) is 13.0 Å². The Balaban J connectivity index is 2.18. The minimum absolute atomic E-state index is 0.149. The number of halogens is 2. The maximum absolute atomic E-state index is 11.7. The van der Waals surface area contributed by atoms with Crippen LogP contribution in [-0.4, -0.2) is 17.0 Å². The van der Waals surface area contributed by atoms with E-state index in [1.807, 2.05) is 12.1 Å². The van der Waals surface area contributed by atoms with E-state index in [1.165, 1.54) is 0 Å². The lowest BCUT2D eigenvalue weighted by Gasteiger charge is -2.06. The Morgan fingerprint density at radius 1 is 1.42 bits per heavy atom. The van der Waals surface area contributed by atoms with Crippen molar-refractivity contribution in [2.24, 2.45) is 0 Å². The Hall–Kier alpha value is -1.70. The fourth-order valence-corrected chi connectivity index (χ4v) is 2.37. The molecule has 0 radical (unpaired) electrons. The Morgan fingerprint density at radius 2 is 2.21 bits per heavy atom. The van der Waals surface area contributed by atoms with Crippen LogP contribution in [-0.2, 0) is 11.3 Å². The molecule has 4 nitrogen and oxygen atoms in total. The average molecular weight is 296 g/mol. The summed E-state index contributed by atoms with van der Waals surface area (Å²) in [4.78, 5) is 11.7. The molecule has 1 N–H and O–H groups in total. The van der Waals surface area contributed by atoms with Crippen LogP contribution in [0.15, 0.2) is 24.4 Å². The minimum Gasteiger partial charge on any atom is -0.354 e. The van der Waals surface area contributed by atoms with Gasteiger partial charge in [-0.3, -0.25) is 4.79 Å². The van der Waals surface area contributed by atoms with Crippen molar-refractivity contribution in [3.8, 4) is 6.07 Å². The summed E-state index contributed by atoms with van der Waals surface area (Å²) in [5, 5.41) is 13.0. The molecule has 2 aromatic rings. The van der Waals surface area contributed by atoms with Gasteiger partial charge in [0, 0.05) is 23.2 Å². The molecule has 0 saturated heterocycles. The molecule has 98 valence electrons. The van der Waals surface area contributed by atoms with E-state index in [2.05, 4.69) is 5.32 Å². The predicted molar refractivity (Wildman–Crippen MR) is 75.2 cm³/mol. The van der Waals surface area contributed by atoms with Gasteiger partial charge in [0.1, 0.15) is 6.54 Å². The van der Waals surface area contributed by atoms with Crippen molar-refractivity contribution in [3.05, 3.63) is 34.4 Å². The van der Waals surface area contributed by atoms with Gasteiger partial charge in [0.25, 0.3) is 0 Å². The summed E-state index contributed by atoms with van der Waals surface area (Å²) in [5.41, 5.74) is 0.813. The van der Waals surface area contributed by atoms with Gasteiger partial charge in [-0.2, -0.15) is 5.26 Å². The number of aromatic nitrogens is 1. The number of amides is 1. The Kier molecular flexibility index (Phi) is 4.31. The number of hydrogen-bond acceptors (Lipinski definition) is 2. The Morgan fingerprint density at radius 3 is 2.95 bits per heavy atom. The van der Waals surface area contributed by atoms with Gasteiger partial charge in [0.05, 0.1) is 23.0 Å². The zero-order chi connectivity index (χ0) is 13.8. The van der Waals surface area contributed by atoms with E-state index in [-0.39, 0.29) is 12.5 Å². The molecular weight excluding hydrogens is 285 g/mol. The first-order valence-corrected chi connectivity index (χ1v) is 6.45. The number of nitrogens with zero attached hydrogens (tertiary/aromatic N) is 2. The van der Waals surface area contributed by atoms with Crippen LogP contribution in [0.25, 0.3) is 10.9 Å². The molecule has 0 unspecified atom stereocenters. The van der Waals surface area contributed by atoms with Gasteiger partial charge >= 0.3 is 0 Å². The van der Waals surface area contributed by atoms with E-state index in [4.69, 9.17) is 28.5 Å². The van der Waals surface area contributed by atoms with Crippen molar-refractivity contribution in [3.63, 3.8) is 0 Å². The molecule has 0 aliphatic heterocycles. The number of rotatable bonds is 4. The highest BCUT2D eigenvalue weighted by molar-refractivity contribution is 6.38. The van der Waals surface area contributed by atoms with Gasteiger partial charge in [-0.05, 0) is 18.2 Å². The molecule has 6 heteroatoms. The second kappa shape index (κ2) is 5.96. The van der Waals surface area contributed by atoms with Gasteiger partial charge in [-0.1, -0.05) is 23.2 Å². The molecule has 0 fully saturated rings. The number of benzene rings is 1. The quantitative estimate of drug-likeness (QED) is 0.882. The first-order valence-electron chi connectivity index (χ1n) is 5.69. The summed E-state index contributed by atoms with van der Waals surface area (Å²) >= 11 is 12.0. The largest absolute Gasteiger partial charge is 0.354 e. The van der Waals surface area contributed by atoms with Gasteiger partial charge < -0.3 is 9.88 Å². The zero-order valence-electron chi connectivity index (χ0n) is 9.99. The lowest BCUT2D eigenvalue weighted by Crippen LogP contribution is -2.27. The van der Waals surface area contributed by atoms with Crippen molar-refractivity contribution in [1.29, 1.82) is 5.26 Å². The van der Waals surface area contributed by atoms with Crippen LogP contribution in [0, 0.1) is 11.3 Å². The van der Waals surface area contributed by atoms with Gasteiger partial charge in [-0.25, -0.2) is 0 Å². The van der Waals surface area contributed by atoms with E-state index in [9.17, 15) is 4.79 Å². The number of hydrogen-bond donors (Lipinski definition) is 1. The van der Waals surface area contributed by atoms with Crippen molar-refractivity contribution in [1.82, 2.24) is 9.88 Å². The smallest absolute Gasteiger partial charge is 0.239 e. The van der Waals surface area contributed by atoms with Crippen LogP contribution >= 0.6 is 23.2 Å². The van der Waals surface area contributed by atoms with E-state index >= 15 is 0 Å². The lowest BCUT2D eigenvalue weighted by molar-refractivity contribution is -0.121. The molecule has 0 spiro atoms. The van der Waals surface area contributed by atoms with E-state index in [0.717, 1.165) is 10.9 Å². The third-order valence-corrected chi connectivity index (χ3v) is 3.21. The van der Waals surface area contributed by atoms with Crippen LogP contribution < -0.4 is 5.32 Å². The monoisotopic (exact) mass is 295 g/mol. The van der Waals surface area contributed by atoms with Crippen LogP contribution in [0.2, 0.25) is 10.0 Å². The Bertz CT molecular complexity index is 658. The first-order chi connectivity index (χ1) is 9.11.